The number of halogens is 5. The second-order valence-corrected chi connectivity index (χ2v) is 11.2. The normalized spacial score (nSPS) is 20.5. The molecule has 2 aromatic rings. The molecule has 5 nitrogen and oxygen atoms in total. The lowest BCUT2D eigenvalue weighted by atomic mass is 9.92. The minimum Gasteiger partial charge on any atom is -0.376 e. The SMILES string of the molecule is Cn1c(C(C)(C)C)c/c(=N\C(=O)c2cccc(S(F)(F)(F)(F)F)c2)n1C[C@H]1CCCO1. The lowest BCUT2D eigenvalue weighted by molar-refractivity contribution is 0.0885. The Morgan fingerprint density at radius 2 is 1.87 bits per heavy atom. The summed E-state index contributed by atoms with van der Waals surface area (Å²) >= 11 is 0. The molecule has 174 valence electrons. The van der Waals surface area contributed by atoms with Crippen LogP contribution in [0.3, 0.4) is 0 Å². The van der Waals surface area contributed by atoms with Crippen molar-refractivity contribution in [3.8, 4) is 0 Å². The van der Waals surface area contributed by atoms with Crippen LogP contribution < -0.4 is 5.49 Å². The van der Waals surface area contributed by atoms with Crippen LogP contribution in [0.4, 0.5) is 19.4 Å². The molecule has 2 heterocycles. The van der Waals surface area contributed by atoms with E-state index in [4.69, 9.17) is 4.74 Å². The monoisotopic (exact) mass is 467 g/mol. The van der Waals surface area contributed by atoms with E-state index in [0.717, 1.165) is 30.7 Å². The predicted octanol–water partition coefficient (Wildman–Crippen LogP) is 5.70. The number of aromatic nitrogens is 2. The lowest BCUT2D eigenvalue weighted by Crippen LogP contribution is -2.30. The second kappa shape index (κ2) is 6.93. The van der Waals surface area contributed by atoms with Gasteiger partial charge in [0.05, 0.1) is 12.6 Å². The maximum Gasteiger partial charge on any atom is 0.310 e. The summed E-state index contributed by atoms with van der Waals surface area (Å²) in [7, 11) is -8.10. The molecule has 1 fully saturated rings. The number of nitrogens with zero attached hydrogens (tertiary/aromatic N) is 3. The Morgan fingerprint density at radius 1 is 1.19 bits per heavy atom. The molecule has 1 aliphatic heterocycles. The first-order valence-corrected chi connectivity index (χ1v) is 11.7. The van der Waals surface area contributed by atoms with Crippen LogP contribution in [-0.2, 0) is 23.7 Å². The van der Waals surface area contributed by atoms with E-state index in [0.29, 0.717) is 13.2 Å². The van der Waals surface area contributed by atoms with Gasteiger partial charge >= 0.3 is 10.2 Å². The highest BCUT2D eigenvalue weighted by Crippen LogP contribution is 3.02. The van der Waals surface area contributed by atoms with Crippen LogP contribution in [0.2, 0.25) is 0 Å². The third-order valence-corrected chi connectivity index (χ3v) is 6.30. The molecule has 3 rings (SSSR count). The van der Waals surface area contributed by atoms with E-state index >= 15 is 0 Å². The minimum atomic E-state index is -9.90. The van der Waals surface area contributed by atoms with Crippen molar-refractivity contribution in [2.75, 3.05) is 6.61 Å². The van der Waals surface area contributed by atoms with Crippen molar-refractivity contribution >= 4 is 16.1 Å². The number of hydrogen-bond acceptors (Lipinski definition) is 2. The first kappa shape index (κ1) is 23.5. The van der Waals surface area contributed by atoms with Crippen molar-refractivity contribution in [3.05, 3.63) is 47.1 Å². The number of carbonyl (C=O) groups is 1. The minimum absolute atomic E-state index is 0.0769. The quantitative estimate of drug-likeness (QED) is 0.542. The number of hydrogen-bond donors (Lipinski definition) is 0. The third-order valence-electron chi connectivity index (χ3n) is 5.15. The van der Waals surface area contributed by atoms with E-state index in [1.807, 2.05) is 25.5 Å². The van der Waals surface area contributed by atoms with Crippen molar-refractivity contribution in [1.29, 1.82) is 0 Å². The van der Waals surface area contributed by atoms with E-state index in [1.165, 1.54) is 0 Å². The summed E-state index contributed by atoms with van der Waals surface area (Å²) in [5.74, 6) is -1.03. The molecule has 1 aliphatic rings. The molecular weight excluding hydrogens is 441 g/mol. The van der Waals surface area contributed by atoms with E-state index in [2.05, 4.69) is 4.99 Å². The fraction of sp³-hybridized carbons (Fsp3) is 0.500. The van der Waals surface area contributed by atoms with Crippen LogP contribution in [-0.4, -0.2) is 28.0 Å². The Kier molecular flexibility index (Phi) is 5.26. The molecule has 0 saturated carbocycles. The van der Waals surface area contributed by atoms with Crippen LogP contribution >= 0.6 is 10.2 Å². The maximum atomic E-state index is 13.1. The first-order valence-electron chi connectivity index (χ1n) is 9.78. The second-order valence-electron chi connectivity index (χ2n) is 8.79. The molecule has 1 aromatic carbocycles. The van der Waals surface area contributed by atoms with Gasteiger partial charge in [0.2, 0.25) is 0 Å². The van der Waals surface area contributed by atoms with Crippen LogP contribution in [0, 0.1) is 0 Å². The van der Waals surface area contributed by atoms with Crippen molar-refractivity contribution < 1.29 is 29.0 Å². The first-order chi connectivity index (χ1) is 14.0. The number of carbonyl (C=O) groups excluding carboxylic acids is 1. The highest BCUT2D eigenvalue weighted by molar-refractivity contribution is 8.45. The summed E-state index contributed by atoms with van der Waals surface area (Å²) < 4.78 is 74.9. The lowest BCUT2D eigenvalue weighted by Gasteiger charge is -2.40. The van der Waals surface area contributed by atoms with Gasteiger partial charge in [-0.1, -0.05) is 46.3 Å². The zero-order valence-corrected chi connectivity index (χ0v) is 18.6. The Morgan fingerprint density at radius 3 is 2.42 bits per heavy atom. The van der Waals surface area contributed by atoms with Gasteiger partial charge in [0.25, 0.3) is 5.91 Å². The number of amides is 1. The highest BCUT2D eigenvalue weighted by atomic mass is 32.5. The molecule has 1 aromatic heterocycles. The molecule has 1 saturated heterocycles. The largest absolute Gasteiger partial charge is 0.376 e. The van der Waals surface area contributed by atoms with Gasteiger partial charge in [-0.2, -0.15) is 4.99 Å². The summed E-state index contributed by atoms with van der Waals surface area (Å²) in [6, 6.07) is 3.92. The summed E-state index contributed by atoms with van der Waals surface area (Å²) in [6.45, 7) is 6.96. The van der Waals surface area contributed by atoms with Gasteiger partial charge in [-0.05, 0) is 31.0 Å². The fourth-order valence-electron chi connectivity index (χ4n) is 3.60. The van der Waals surface area contributed by atoms with Gasteiger partial charge in [0.15, 0.2) is 5.49 Å². The number of ether oxygens (including phenoxy) is 1. The van der Waals surface area contributed by atoms with Crippen LogP contribution in [0.25, 0.3) is 0 Å². The average Bonchev–Trinajstić information content (AvgIpc) is 3.23. The van der Waals surface area contributed by atoms with Gasteiger partial charge in [0.1, 0.15) is 4.90 Å². The fourth-order valence-corrected chi connectivity index (χ4v) is 4.29. The highest BCUT2D eigenvalue weighted by Gasteiger charge is 2.65. The Hall–Kier alpha value is -2.14. The van der Waals surface area contributed by atoms with Gasteiger partial charge in [-0.3, -0.25) is 14.2 Å². The Balaban J connectivity index is 2.08. The smallest absolute Gasteiger partial charge is 0.310 e. The van der Waals surface area contributed by atoms with Gasteiger partial charge in [0, 0.05) is 36.4 Å². The summed E-state index contributed by atoms with van der Waals surface area (Å²) in [4.78, 5) is 14.5. The number of benzene rings is 1. The Labute approximate surface area is 177 Å². The molecule has 11 heteroatoms. The molecule has 0 aliphatic carbocycles. The molecule has 0 N–H and O–H groups in total. The standard InChI is InChI=1S/C20H26F5N3O2S/c1-20(2,3)17-12-18(28(27(17)4)13-15-8-6-10-30-15)26-19(29)14-7-5-9-16(11-14)31(21,22,23,24)25/h5,7,9,11-12,15H,6,8,10,13H2,1-4H3/b26-18+/t15-/m1/s1. The van der Waals surface area contributed by atoms with Gasteiger partial charge in [-0.15, -0.1) is 0 Å². The molecule has 0 unspecified atom stereocenters. The summed E-state index contributed by atoms with van der Waals surface area (Å²) in [5, 5.41) is 0. The summed E-state index contributed by atoms with van der Waals surface area (Å²) in [6.07, 6.45) is 1.67. The summed E-state index contributed by atoms with van der Waals surface area (Å²) in [5.41, 5.74) is 0.213. The number of rotatable bonds is 4. The molecule has 0 spiro atoms. The molecule has 1 atom stereocenters. The molecule has 0 bridgehead atoms. The zero-order chi connectivity index (χ0) is 23.3. The topological polar surface area (TPSA) is 48.5 Å². The van der Waals surface area contributed by atoms with Gasteiger partial charge < -0.3 is 4.74 Å². The maximum absolute atomic E-state index is 13.1. The molecule has 1 amide bonds. The van der Waals surface area contributed by atoms with Crippen LogP contribution in [0.5, 0.6) is 0 Å². The van der Waals surface area contributed by atoms with Crippen LogP contribution in [0.1, 0.15) is 49.7 Å². The average molecular weight is 468 g/mol. The molecule has 31 heavy (non-hydrogen) atoms. The van der Waals surface area contributed by atoms with E-state index in [9.17, 15) is 24.2 Å². The zero-order valence-electron chi connectivity index (χ0n) is 17.7. The van der Waals surface area contributed by atoms with Crippen molar-refractivity contribution in [2.24, 2.45) is 12.0 Å². The third kappa shape index (κ3) is 5.38. The molecular formula is C20H26F5N3O2S. The van der Waals surface area contributed by atoms with Crippen molar-refractivity contribution in [1.82, 2.24) is 9.36 Å². The van der Waals surface area contributed by atoms with E-state index < -0.39 is 26.6 Å². The van der Waals surface area contributed by atoms with E-state index in [-0.39, 0.29) is 29.1 Å². The van der Waals surface area contributed by atoms with Crippen molar-refractivity contribution in [3.63, 3.8) is 0 Å². The van der Waals surface area contributed by atoms with Gasteiger partial charge in [-0.25, -0.2) is 0 Å². The predicted molar refractivity (Wildman–Crippen MR) is 109 cm³/mol. The van der Waals surface area contributed by atoms with Crippen molar-refractivity contribution in [2.45, 2.75) is 56.6 Å². The Bertz CT molecular complexity index is 1080. The van der Waals surface area contributed by atoms with E-state index in [1.54, 1.807) is 17.8 Å². The molecule has 0 radical (unpaired) electrons. The van der Waals surface area contributed by atoms with Crippen LogP contribution in [0.15, 0.2) is 40.2 Å².